The van der Waals surface area contributed by atoms with Gasteiger partial charge in [0.05, 0.1) is 4.90 Å². The summed E-state index contributed by atoms with van der Waals surface area (Å²) in [6.45, 7) is -3.21. The predicted octanol–water partition coefficient (Wildman–Crippen LogP) is 2.77. The maximum absolute atomic E-state index is 12.4. The number of rotatable bonds is 9. The molecule has 0 aliphatic heterocycles. The Hall–Kier alpha value is -2.72. The Bertz CT molecular complexity index is 901. The second-order valence-corrected chi connectivity index (χ2v) is 7.77. The maximum Gasteiger partial charge on any atom is 0.387 e. The SMILES string of the molecule is CN(C)S(=O)(=O)c1ccc(OCCOC(=O)c2ccccc2OC(F)F)cc1. The van der Waals surface area contributed by atoms with E-state index in [1.54, 1.807) is 0 Å². The first-order valence-corrected chi connectivity index (χ1v) is 9.52. The topological polar surface area (TPSA) is 82.1 Å². The van der Waals surface area contributed by atoms with Crippen LogP contribution in [0.15, 0.2) is 53.4 Å². The van der Waals surface area contributed by atoms with E-state index in [0.717, 1.165) is 4.31 Å². The number of alkyl halides is 2. The quantitative estimate of drug-likeness (QED) is 0.463. The third kappa shape index (κ3) is 5.64. The first-order valence-electron chi connectivity index (χ1n) is 8.08. The normalized spacial score (nSPS) is 11.5. The molecule has 28 heavy (non-hydrogen) atoms. The first kappa shape index (κ1) is 21.6. The van der Waals surface area contributed by atoms with Gasteiger partial charge in [-0.15, -0.1) is 0 Å². The maximum atomic E-state index is 12.4. The van der Waals surface area contributed by atoms with Gasteiger partial charge in [-0.2, -0.15) is 8.78 Å². The molecule has 2 aromatic carbocycles. The molecule has 0 saturated carbocycles. The summed E-state index contributed by atoms with van der Waals surface area (Å²) in [7, 11) is -0.672. The van der Waals surface area contributed by atoms with Gasteiger partial charge < -0.3 is 14.2 Å². The Balaban J connectivity index is 1.87. The van der Waals surface area contributed by atoms with Crippen molar-refractivity contribution >= 4 is 16.0 Å². The van der Waals surface area contributed by atoms with Crippen molar-refractivity contribution in [1.29, 1.82) is 0 Å². The van der Waals surface area contributed by atoms with Crippen molar-refractivity contribution in [3.05, 3.63) is 54.1 Å². The highest BCUT2D eigenvalue weighted by Crippen LogP contribution is 2.21. The summed E-state index contributed by atoms with van der Waals surface area (Å²) in [6.07, 6.45) is 0. The number of sulfonamides is 1. The molecule has 2 aromatic rings. The largest absolute Gasteiger partial charge is 0.490 e. The van der Waals surface area contributed by atoms with Gasteiger partial charge in [-0.05, 0) is 36.4 Å². The molecular formula is C18H19F2NO6S. The fraction of sp³-hybridized carbons (Fsp3) is 0.278. The molecular weight excluding hydrogens is 396 g/mol. The highest BCUT2D eigenvalue weighted by molar-refractivity contribution is 7.89. The second kappa shape index (κ2) is 9.47. The lowest BCUT2D eigenvalue weighted by molar-refractivity contribution is -0.0505. The van der Waals surface area contributed by atoms with Crippen molar-refractivity contribution in [2.45, 2.75) is 11.5 Å². The lowest BCUT2D eigenvalue weighted by Gasteiger charge is -2.12. The number of nitrogens with zero attached hydrogens (tertiary/aromatic N) is 1. The fourth-order valence-corrected chi connectivity index (χ4v) is 3.03. The van der Waals surface area contributed by atoms with Crippen molar-refractivity contribution in [3.8, 4) is 11.5 Å². The van der Waals surface area contributed by atoms with Crippen molar-refractivity contribution in [2.24, 2.45) is 0 Å². The number of esters is 1. The van der Waals surface area contributed by atoms with Gasteiger partial charge in [0, 0.05) is 14.1 Å². The fourth-order valence-electron chi connectivity index (χ4n) is 2.12. The molecule has 2 rings (SSSR count). The van der Waals surface area contributed by atoms with Crippen LogP contribution in [0.1, 0.15) is 10.4 Å². The standard InChI is InChI=1S/C18H19F2NO6S/c1-21(2)28(23,24)14-9-7-13(8-10-14)25-11-12-26-17(22)15-5-3-4-6-16(15)27-18(19)20/h3-10,18H,11-12H2,1-2H3. The van der Waals surface area contributed by atoms with Crippen LogP contribution in [-0.4, -0.2) is 52.6 Å². The molecule has 0 radical (unpaired) electrons. The van der Waals surface area contributed by atoms with Crippen molar-refractivity contribution in [1.82, 2.24) is 4.31 Å². The average molecular weight is 415 g/mol. The van der Waals surface area contributed by atoms with E-state index in [4.69, 9.17) is 9.47 Å². The Morgan fingerprint density at radius 3 is 2.29 bits per heavy atom. The van der Waals surface area contributed by atoms with Crippen LogP contribution in [0, 0.1) is 0 Å². The van der Waals surface area contributed by atoms with Crippen molar-refractivity contribution in [2.75, 3.05) is 27.3 Å². The third-order valence-electron chi connectivity index (χ3n) is 3.51. The molecule has 0 atom stereocenters. The van der Waals surface area contributed by atoms with E-state index >= 15 is 0 Å². The number of halogens is 2. The molecule has 0 aromatic heterocycles. The minimum atomic E-state index is -3.53. The van der Waals surface area contributed by atoms with E-state index in [1.807, 2.05) is 0 Å². The zero-order valence-electron chi connectivity index (χ0n) is 15.2. The summed E-state index contributed by atoms with van der Waals surface area (Å²) in [5.74, 6) is -0.719. The Labute approximate surface area is 161 Å². The Kier molecular flexibility index (Phi) is 7.30. The van der Waals surface area contributed by atoms with Gasteiger partial charge in [0.1, 0.15) is 30.3 Å². The molecule has 0 N–H and O–H groups in total. The number of benzene rings is 2. The van der Waals surface area contributed by atoms with Gasteiger partial charge in [0.15, 0.2) is 0 Å². The van der Waals surface area contributed by atoms with E-state index in [0.29, 0.717) is 5.75 Å². The molecule has 0 aliphatic rings. The smallest absolute Gasteiger partial charge is 0.387 e. The summed E-state index contributed by atoms with van der Waals surface area (Å²) in [5, 5.41) is 0. The van der Waals surface area contributed by atoms with Crippen molar-refractivity contribution in [3.63, 3.8) is 0 Å². The van der Waals surface area contributed by atoms with Gasteiger partial charge in [-0.25, -0.2) is 17.5 Å². The highest BCUT2D eigenvalue weighted by Gasteiger charge is 2.17. The van der Waals surface area contributed by atoms with Gasteiger partial charge >= 0.3 is 12.6 Å². The van der Waals surface area contributed by atoms with Crippen LogP contribution in [0.3, 0.4) is 0 Å². The number of carbonyl (C=O) groups is 1. The number of hydrogen-bond acceptors (Lipinski definition) is 6. The van der Waals surface area contributed by atoms with E-state index in [9.17, 15) is 22.0 Å². The van der Waals surface area contributed by atoms with Crippen LogP contribution in [-0.2, 0) is 14.8 Å². The predicted molar refractivity (Wildman–Crippen MR) is 96.2 cm³/mol. The summed E-state index contributed by atoms with van der Waals surface area (Å²) in [6, 6.07) is 11.2. The van der Waals surface area contributed by atoms with Crippen LogP contribution in [0.2, 0.25) is 0 Å². The molecule has 0 heterocycles. The number of para-hydroxylation sites is 1. The third-order valence-corrected chi connectivity index (χ3v) is 5.34. The Morgan fingerprint density at radius 1 is 1.04 bits per heavy atom. The lowest BCUT2D eigenvalue weighted by Crippen LogP contribution is -2.22. The number of ether oxygens (including phenoxy) is 3. The summed E-state index contributed by atoms with van der Waals surface area (Å²) in [4.78, 5) is 12.1. The van der Waals surface area contributed by atoms with E-state index in [-0.39, 0.29) is 29.4 Å². The molecule has 152 valence electrons. The zero-order valence-corrected chi connectivity index (χ0v) is 16.0. The van der Waals surface area contributed by atoms with Gasteiger partial charge in [0.2, 0.25) is 10.0 Å². The monoisotopic (exact) mass is 415 g/mol. The Morgan fingerprint density at radius 2 is 1.68 bits per heavy atom. The summed E-state index contributed by atoms with van der Waals surface area (Å²) in [5.41, 5.74) is -0.124. The minimum absolute atomic E-state index is 0.0105. The van der Waals surface area contributed by atoms with E-state index < -0.39 is 22.6 Å². The highest BCUT2D eigenvalue weighted by atomic mass is 32.2. The summed E-state index contributed by atoms with van der Waals surface area (Å²) < 4.78 is 64.4. The van der Waals surface area contributed by atoms with E-state index in [1.165, 1.54) is 62.6 Å². The zero-order chi connectivity index (χ0) is 20.7. The van der Waals surface area contributed by atoms with Crippen LogP contribution in [0.25, 0.3) is 0 Å². The van der Waals surface area contributed by atoms with Crippen LogP contribution < -0.4 is 9.47 Å². The van der Waals surface area contributed by atoms with Crippen LogP contribution in [0.5, 0.6) is 11.5 Å². The lowest BCUT2D eigenvalue weighted by atomic mass is 10.2. The van der Waals surface area contributed by atoms with Gasteiger partial charge in [-0.3, -0.25) is 0 Å². The van der Waals surface area contributed by atoms with Crippen LogP contribution in [0.4, 0.5) is 8.78 Å². The molecule has 0 spiro atoms. The molecule has 0 unspecified atom stereocenters. The van der Waals surface area contributed by atoms with E-state index in [2.05, 4.69) is 4.74 Å². The number of carbonyl (C=O) groups excluding carboxylic acids is 1. The number of hydrogen-bond donors (Lipinski definition) is 0. The minimum Gasteiger partial charge on any atom is -0.490 e. The molecule has 0 aliphatic carbocycles. The molecule has 10 heteroatoms. The van der Waals surface area contributed by atoms with Crippen LogP contribution >= 0.6 is 0 Å². The summed E-state index contributed by atoms with van der Waals surface area (Å²) >= 11 is 0. The molecule has 0 saturated heterocycles. The molecule has 0 bridgehead atoms. The van der Waals surface area contributed by atoms with Gasteiger partial charge in [-0.1, -0.05) is 12.1 Å². The van der Waals surface area contributed by atoms with Gasteiger partial charge in [0.25, 0.3) is 0 Å². The molecule has 0 fully saturated rings. The first-order chi connectivity index (χ1) is 13.2. The molecule has 7 nitrogen and oxygen atoms in total. The van der Waals surface area contributed by atoms with Crippen molar-refractivity contribution < 1.29 is 36.2 Å². The second-order valence-electron chi connectivity index (χ2n) is 5.62. The average Bonchev–Trinajstić information content (AvgIpc) is 2.65. The molecule has 0 amide bonds.